The molecule has 102 heavy (non-hydrogen) atoms. The van der Waals surface area contributed by atoms with E-state index in [1.807, 2.05) is 24.3 Å². The van der Waals surface area contributed by atoms with Crippen LogP contribution >= 0.6 is 0 Å². The molecule has 11 aromatic carbocycles. The Morgan fingerprint density at radius 3 is 0.735 bits per heavy atom. The van der Waals surface area contributed by atoms with E-state index in [0.29, 0.717) is 50.8 Å². The lowest BCUT2D eigenvalue weighted by atomic mass is 9.89. The van der Waals surface area contributed by atoms with Crippen molar-refractivity contribution in [3.05, 3.63) is 259 Å². The van der Waals surface area contributed by atoms with Gasteiger partial charge in [-0.05, 0) is 167 Å². The molecule has 21 heteroatoms. The van der Waals surface area contributed by atoms with Crippen LogP contribution in [0.2, 0.25) is 0 Å². The third-order valence-corrected chi connectivity index (χ3v) is 17.6. The summed E-state index contributed by atoms with van der Waals surface area (Å²) in [6.07, 6.45) is -10.8. The summed E-state index contributed by atoms with van der Waals surface area (Å²) in [5.41, 5.74) is -2.84. The van der Waals surface area contributed by atoms with Gasteiger partial charge < -0.3 is 9.13 Å². The molecular formula is C81H29F6N15. The predicted octanol–water partition coefficient (Wildman–Crippen LogP) is 18.3. The highest BCUT2D eigenvalue weighted by molar-refractivity contribution is 6.15. The summed E-state index contributed by atoms with van der Waals surface area (Å²) < 4.78 is 96.4. The molecule has 13 aromatic rings. The first-order valence-electron chi connectivity index (χ1n) is 29.9. The normalized spacial score (nSPS) is 10.9. The molecule has 0 saturated heterocycles. The van der Waals surface area contributed by atoms with Gasteiger partial charge in [0.15, 0.2) is 0 Å². The van der Waals surface area contributed by atoms with E-state index in [9.17, 15) is 68.4 Å². The van der Waals surface area contributed by atoms with Gasteiger partial charge in [0.2, 0.25) is 0 Å². The smallest absolute Gasteiger partial charge is 0.309 e. The first-order chi connectivity index (χ1) is 49.2. The fourth-order valence-corrected chi connectivity index (χ4v) is 13.4. The number of nitrogens with zero attached hydrogens (tertiary/aromatic N) is 15. The topological polar surface area (TPSA) is 319 Å². The monoisotopic (exact) mass is 1330 g/mol. The van der Waals surface area contributed by atoms with Crippen LogP contribution in [0.25, 0.3) is 122 Å². The first kappa shape index (κ1) is 64.7. The maximum absolute atomic E-state index is 15.5. The Kier molecular flexibility index (Phi) is 15.8. The van der Waals surface area contributed by atoms with Crippen molar-refractivity contribution in [2.45, 2.75) is 12.4 Å². The van der Waals surface area contributed by atoms with Gasteiger partial charge in [0, 0.05) is 60.5 Å². The number of alkyl halides is 6. The summed E-state index contributed by atoms with van der Waals surface area (Å²) in [7, 11) is 0. The minimum atomic E-state index is -5.39. The second kappa shape index (κ2) is 24.9. The van der Waals surface area contributed by atoms with E-state index in [1.54, 1.807) is 81.9 Å². The fraction of sp³-hybridized carbons (Fsp3) is 0.0247. The van der Waals surface area contributed by atoms with Crippen LogP contribution < -0.4 is 0 Å². The zero-order chi connectivity index (χ0) is 72.2. The van der Waals surface area contributed by atoms with E-state index in [0.717, 1.165) is 12.1 Å². The Bertz CT molecular complexity index is 6130. The SMILES string of the molecule is N#Cc1cc(C#N)c(-c2ccc3c(c2)c2cc(-c4c(C#N)cc(C#N)cc4C#N)ccc2n3-c2ccc(C#N)cc2-c2cc(-c3c(C(F)(F)F)cccc3C(F)(F)F)ccc2-n2c3ccc(-c4c(C#N)cc(C#N)cc4C#N)cc3c3cc(-c4c(C#N)cc(C#N)cc4C#N)ccc32)c(C#N)c1. The van der Waals surface area contributed by atoms with Crippen molar-refractivity contribution in [3.8, 4) is 157 Å². The quantitative estimate of drug-likeness (QED) is 0.128. The van der Waals surface area contributed by atoms with Crippen molar-refractivity contribution in [3.63, 3.8) is 0 Å². The van der Waals surface area contributed by atoms with Crippen molar-refractivity contribution in [2.75, 3.05) is 0 Å². The van der Waals surface area contributed by atoms with Crippen LogP contribution in [0.5, 0.6) is 0 Å². The highest BCUT2D eigenvalue weighted by Gasteiger charge is 2.41. The molecule has 470 valence electrons. The molecule has 0 atom stereocenters. The Balaban J connectivity index is 1.20. The average Bonchev–Trinajstić information content (AvgIpc) is 1.54. The molecule has 0 saturated carbocycles. The number of halogens is 6. The highest BCUT2D eigenvalue weighted by Crippen LogP contribution is 2.50. The van der Waals surface area contributed by atoms with E-state index >= 15 is 26.3 Å². The van der Waals surface area contributed by atoms with Gasteiger partial charge in [-0.3, -0.25) is 0 Å². The summed E-state index contributed by atoms with van der Waals surface area (Å²) in [5, 5.41) is 136. The molecule has 13 rings (SSSR count). The standard InChI is InChI=1S/C81H29F6N15/c82-80(83,84)67-2-1-3-68(81(85,86)87)79(67)52-9-15-70(102-73-13-7-50(77-57(39-97)20-46(33-91)21-58(77)40-98)27-65(73)66-28-51(8-14-74(66)102)78-59(41-99)22-47(34-92)23-60(78)42-100)62(29-52)61-24-43(30-88)4-10-69(61)101-71-11-5-48(75-53(35-93)16-44(31-89)17-54(75)36-94)25-63(71)64-26-49(6-12-72(64)101)76-55(37-95)18-45(32-90)19-56(76)38-96/h1-29H. The summed E-state index contributed by atoms with van der Waals surface area (Å²) in [6, 6.07) is 65.7. The zero-order valence-corrected chi connectivity index (χ0v) is 51.7. The number of nitriles is 13. The van der Waals surface area contributed by atoms with E-state index in [2.05, 4.69) is 54.6 Å². The Labute approximate surface area is 573 Å². The molecule has 0 fully saturated rings. The Hall–Kier alpha value is -16.0. The molecule has 0 bridgehead atoms. The van der Waals surface area contributed by atoms with Gasteiger partial charge >= 0.3 is 12.4 Å². The van der Waals surface area contributed by atoms with Gasteiger partial charge in [-0.1, -0.05) is 36.4 Å². The molecular weight excluding hydrogens is 1300 g/mol. The molecule has 0 N–H and O–H groups in total. The molecule has 0 amide bonds. The second-order valence-electron chi connectivity index (χ2n) is 23.0. The van der Waals surface area contributed by atoms with Crippen molar-refractivity contribution >= 4 is 43.6 Å². The van der Waals surface area contributed by atoms with E-state index in [4.69, 9.17) is 0 Å². The van der Waals surface area contributed by atoms with Crippen LogP contribution in [0.4, 0.5) is 26.3 Å². The summed E-state index contributed by atoms with van der Waals surface area (Å²) in [6.45, 7) is 0. The summed E-state index contributed by atoms with van der Waals surface area (Å²) >= 11 is 0. The molecule has 2 aromatic heterocycles. The molecule has 0 aliphatic carbocycles. The van der Waals surface area contributed by atoms with Gasteiger partial charge in [-0.15, -0.1) is 0 Å². The largest absolute Gasteiger partial charge is 0.417 e. The number of benzene rings is 11. The Morgan fingerprint density at radius 2 is 0.480 bits per heavy atom. The van der Waals surface area contributed by atoms with Crippen molar-refractivity contribution in [1.82, 2.24) is 9.13 Å². The fourth-order valence-electron chi connectivity index (χ4n) is 13.4. The summed E-state index contributed by atoms with van der Waals surface area (Å²) in [4.78, 5) is 0. The molecule has 15 nitrogen and oxygen atoms in total. The average molecular weight is 1330 g/mol. The lowest BCUT2D eigenvalue weighted by Crippen LogP contribution is -2.14. The third kappa shape index (κ3) is 10.6. The lowest BCUT2D eigenvalue weighted by molar-refractivity contribution is -0.142. The highest BCUT2D eigenvalue weighted by atomic mass is 19.4. The van der Waals surface area contributed by atoms with Gasteiger partial charge in [-0.2, -0.15) is 94.7 Å². The number of aromatic nitrogens is 2. The minimum absolute atomic E-state index is 0.000191. The van der Waals surface area contributed by atoms with Crippen molar-refractivity contribution in [1.29, 1.82) is 68.4 Å². The van der Waals surface area contributed by atoms with E-state index < -0.39 is 34.6 Å². The van der Waals surface area contributed by atoms with E-state index in [1.165, 1.54) is 72.8 Å². The van der Waals surface area contributed by atoms with Crippen LogP contribution in [0.15, 0.2) is 176 Å². The number of fused-ring (bicyclic) bond motifs is 6. The maximum Gasteiger partial charge on any atom is 0.417 e. The number of hydrogen-bond acceptors (Lipinski definition) is 13. The molecule has 0 radical (unpaired) electrons. The van der Waals surface area contributed by atoms with Crippen LogP contribution in [0.1, 0.15) is 83.5 Å². The van der Waals surface area contributed by atoms with Crippen LogP contribution in [-0.2, 0) is 12.4 Å². The molecule has 2 heterocycles. The molecule has 0 aliphatic heterocycles. The van der Waals surface area contributed by atoms with Gasteiger partial charge in [0.25, 0.3) is 0 Å². The Morgan fingerprint density at radius 1 is 0.235 bits per heavy atom. The van der Waals surface area contributed by atoms with E-state index in [-0.39, 0.29) is 150 Å². The molecule has 0 unspecified atom stereocenters. The molecule has 0 spiro atoms. The number of rotatable bonds is 8. The zero-order valence-electron chi connectivity index (χ0n) is 51.7. The second-order valence-corrected chi connectivity index (χ2v) is 23.0. The minimum Gasteiger partial charge on any atom is -0.309 e. The van der Waals surface area contributed by atoms with Gasteiger partial charge in [-0.25, -0.2) is 0 Å². The maximum atomic E-state index is 15.5. The third-order valence-electron chi connectivity index (χ3n) is 17.6. The van der Waals surface area contributed by atoms with Crippen LogP contribution in [0.3, 0.4) is 0 Å². The van der Waals surface area contributed by atoms with Crippen LogP contribution in [-0.4, -0.2) is 9.13 Å². The lowest BCUT2D eigenvalue weighted by Gasteiger charge is -2.22. The van der Waals surface area contributed by atoms with Gasteiger partial charge in [0.05, 0.1) is 196 Å². The number of hydrogen-bond donors (Lipinski definition) is 0. The van der Waals surface area contributed by atoms with Crippen LogP contribution in [0, 0.1) is 147 Å². The van der Waals surface area contributed by atoms with Crippen molar-refractivity contribution < 1.29 is 26.3 Å². The first-order valence-corrected chi connectivity index (χ1v) is 29.9. The van der Waals surface area contributed by atoms with Crippen molar-refractivity contribution in [2.24, 2.45) is 0 Å². The van der Waals surface area contributed by atoms with Gasteiger partial charge in [0.1, 0.15) is 0 Å². The predicted molar refractivity (Wildman–Crippen MR) is 359 cm³/mol. The summed E-state index contributed by atoms with van der Waals surface area (Å²) in [5.74, 6) is 0. The molecule has 0 aliphatic rings.